The van der Waals surface area contributed by atoms with Gasteiger partial charge in [-0.2, -0.15) is 0 Å². The standard InChI is InChI=1S/C19H21N5O5S2/c1-11-8-13(24-29-11)17(26)21-18-22-23-19(31-18)30-10-16(25)20-7-6-12-4-5-14(27-2)15(9-12)28-3/h4-5,8-9H,6-7,10H2,1-3H3,(H,20,25)(H,21,22,26). The fourth-order valence-electron chi connectivity index (χ4n) is 2.51. The highest BCUT2D eigenvalue weighted by atomic mass is 32.2. The molecule has 2 heterocycles. The molecule has 0 aliphatic carbocycles. The number of hydrogen-bond acceptors (Lipinski definition) is 10. The predicted molar refractivity (Wildman–Crippen MR) is 116 cm³/mol. The van der Waals surface area contributed by atoms with Crippen molar-refractivity contribution < 1.29 is 23.6 Å². The van der Waals surface area contributed by atoms with Crippen LogP contribution in [0, 0.1) is 6.92 Å². The molecule has 0 unspecified atom stereocenters. The molecule has 2 aromatic heterocycles. The molecule has 0 radical (unpaired) electrons. The summed E-state index contributed by atoms with van der Waals surface area (Å²) in [6.07, 6.45) is 0.660. The Labute approximate surface area is 186 Å². The molecule has 3 rings (SSSR count). The molecule has 0 saturated heterocycles. The molecule has 0 saturated carbocycles. The minimum absolute atomic E-state index is 0.121. The number of amides is 2. The maximum absolute atomic E-state index is 12.1. The van der Waals surface area contributed by atoms with Crippen molar-refractivity contribution in [2.45, 2.75) is 17.7 Å². The summed E-state index contributed by atoms with van der Waals surface area (Å²) in [5.41, 5.74) is 1.19. The van der Waals surface area contributed by atoms with Crippen LogP contribution in [-0.4, -0.2) is 53.7 Å². The van der Waals surface area contributed by atoms with Crippen LogP contribution in [0.3, 0.4) is 0 Å². The molecular formula is C19H21N5O5S2. The summed E-state index contributed by atoms with van der Waals surface area (Å²) in [5, 5.41) is 17.3. The van der Waals surface area contributed by atoms with Crippen molar-refractivity contribution in [1.29, 1.82) is 0 Å². The molecule has 3 aromatic rings. The van der Waals surface area contributed by atoms with Crippen LogP contribution in [0.1, 0.15) is 21.8 Å². The molecule has 31 heavy (non-hydrogen) atoms. The number of ether oxygens (including phenoxy) is 2. The number of anilines is 1. The van der Waals surface area contributed by atoms with E-state index in [1.165, 1.54) is 29.2 Å². The van der Waals surface area contributed by atoms with Crippen LogP contribution in [0.15, 0.2) is 33.1 Å². The van der Waals surface area contributed by atoms with Gasteiger partial charge in [0.2, 0.25) is 11.0 Å². The Balaban J connectivity index is 1.40. The van der Waals surface area contributed by atoms with E-state index in [0.717, 1.165) is 5.56 Å². The third-order valence-corrected chi connectivity index (χ3v) is 5.97. The van der Waals surface area contributed by atoms with E-state index >= 15 is 0 Å². The fourth-order valence-corrected chi connectivity index (χ4v) is 4.09. The van der Waals surface area contributed by atoms with Gasteiger partial charge >= 0.3 is 0 Å². The SMILES string of the molecule is COc1ccc(CCNC(=O)CSc2nnc(NC(=O)c3cc(C)on3)s2)cc1OC. The van der Waals surface area contributed by atoms with Crippen LogP contribution in [0.4, 0.5) is 5.13 Å². The molecule has 12 heteroatoms. The number of carbonyl (C=O) groups is 2. The van der Waals surface area contributed by atoms with Gasteiger partial charge in [-0.1, -0.05) is 34.3 Å². The van der Waals surface area contributed by atoms with Crippen LogP contribution in [-0.2, 0) is 11.2 Å². The average molecular weight is 464 g/mol. The number of benzene rings is 1. The number of nitrogens with zero attached hydrogens (tertiary/aromatic N) is 3. The zero-order valence-corrected chi connectivity index (χ0v) is 18.8. The molecular weight excluding hydrogens is 442 g/mol. The van der Waals surface area contributed by atoms with Gasteiger partial charge in [0, 0.05) is 12.6 Å². The Morgan fingerprint density at radius 2 is 1.97 bits per heavy atom. The maximum Gasteiger partial charge on any atom is 0.279 e. The van der Waals surface area contributed by atoms with Crippen LogP contribution in [0.5, 0.6) is 11.5 Å². The molecule has 0 atom stereocenters. The van der Waals surface area contributed by atoms with E-state index in [0.29, 0.717) is 39.7 Å². The Hall–Kier alpha value is -3.12. The van der Waals surface area contributed by atoms with Crippen LogP contribution < -0.4 is 20.1 Å². The van der Waals surface area contributed by atoms with Gasteiger partial charge in [-0.3, -0.25) is 14.9 Å². The normalized spacial score (nSPS) is 10.5. The number of methoxy groups -OCH3 is 2. The van der Waals surface area contributed by atoms with E-state index in [-0.39, 0.29) is 17.4 Å². The van der Waals surface area contributed by atoms with Crippen molar-refractivity contribution in [3.63, 3.8) is 0 Å². The minimum atomic E-state index is -0.433. The first-order valence-corrected chi connectivity index (χ1v) is 11.0. The average Bonchev–Trinajstić information content (AvgIpc) is 3.41. The van der Waals surface area contributed by atoms with Crippen LogP contribution >= 0.6 is 23.1 Å². The summed E-state index contributed by atoms with van der Waals surface area (Å²) in [7, 11) is 3.17. The number of thioether (sulfide) groups is 1. The number of aromatic nitrogens is 3. The third kappa shape index (κ3) is 6.43. The van der Waals surface area contributed by atoms with Crippen molar-refractivity contribution in [2.75, 3.05) is 31.8 Å². The first-order chi connectivity index (χ1) is 15.0. The number of rotatable bonds is 10. The molecule has 0 bridgehead atoms. The second kappa shape index (κ2) is 10.8. The predicted octanol–water partition coefficient (Wildman–Crippen LogP) is 2.56. The smallest absolute Gasteiger partial charge is 0.279 e. The molecule has 2 N–H and O–H groups in total. The number of carbonyl (C=O) groups excluding carboxylic acids is 2. The summed E-state index contributed by atoms with van der Waals surface area (Å²) < 4.78 is 15.9. The molecule has 0 aliphatic heterocycles. The summed E-state index contributed by atoms with van der Waals surface area (Å²) in [6.45, 7) is 2.19. The summed E-state index contributed by atoms with van der Waals surface area (Å²) >= 11 is 2.42. The highest BCUT2D eigenvalue weighted by Crippen LogP contribution is 2.28. The third-order valence-electron chi connectivity index (χ3n) is 4.00. The Morgan fingerprint density at radius 1 is 1.16 bits per heavy atom. The quantitative estimate of drug-likeness (QED) is 0.344. The molecule has 164 valence electrons. The van der Waals surface area contributed by atoms with Crippen molar-refractivity contribution in [2.24, 2.45) is 0 Å². The van der Waals surface area contributed by atoms with Gasteiger partial charge in [0.1, 0.15) is 5.76 Å². The molecule has 0 fully saturated rings. The highest BCUT2D eigenvalue weighted by molar-refractivity contribution is 8.01. The van der Waals surface area contributed by atoms with Crippen molar-refractivity contribution in [3.8, 4) is 11.5 Å². The lowest BCUT2D eigenvalue weighted by atomic mass is 10.1. The maximum atomic E-state index is 12.1. The molecule has 0 spiro atoms. The van der Waals surface area contributed by atoms with Gasteiger partial charge in [-0.05, 0) is 31.0 Å². The largest absolute Gasteiger partial charge is 0.493 e. The van der Waals surface area contributed by atoms with Gasteiger partial charge in [-0.25, -0.2) is 0 Å². The van der Waals surface area contributed by atoms with Gasteiger partial charge in [-0.15, -0.1) is 10.2 Å². The zero-order chi connectivity index (χ0) is 22.2. The summed E-state index contributed by atoms with van der Waals surface area (Å²) in [6, 6.07) is 7.18. The lowest BCUT2D eigenvalue weighted by molar-refractivity contribution is -0.118. The molecule has 10 nitrogen and oxygen atoms in total. The van der Waals surface area contributed by atoms with E-state index in [1.807, 2.05) is 18.2 Å². The number of nitrogens with one attached hydrogen (secondary N) is 2. The van der Waals surface area contributed by atoms with Gasteiger partial charge in [0.25, 0.3) is 5.91 Å². The highest BCUT2D eigenvalue weighted by Gasteiger charge is 2.14. The van der Waals surface area contributed by atoms with E-state index in [2.05, 4.69) is 26.0 Å². The molecule has 0 aliphatic rings. The monoisotopic (exact) mass is 463 g/mol. The fraction of sp³-hybridized carbons (Fsp3) is 0.316. The summed E-state index contributed by atoms with van der Waals surface area (Å²) in [5.74, 6) is 1.49. The van der Waals surface area contributed by atoms with Crippen molar-refractivity contribution in [3.05, 3.63) is 41.3 Å². The summed E-state index contributed by atoms with van der Waals surface area (Å²) in [4.78, 5) is 24.1. The van der Waals surface area contributed by atoms with E-state index in [1.54, 1.807) is 21.1 Å². The zero-order valence-electron chi connectivity index (χ0n) is 17.1. The minimum Gasteiger partial charge on any atom is -0.493 e. The Kier molecular flexibility index (Phi) is 7.84. The van der Waals surface area contributed by atoms with E-state index in [9.17, 15) is 9.59 Å². The van der Waals surface area contributed by atoms with Gasteiger partial charge < -0.3 is 19.3 Å². The molecule has 2 amide bonds. The van der Waals surface area contributed by atoms with Gasteiger partial charge in [0.05, 0.1) is 20.0 Å². The topological polar surface area (TPSA) is 128 Å². The number of aryl methyl sites for hydroxylation is 1. The first kappa shape index (κ1) is 22.6. The number of hydrogen-bond donors (Lipinski definition) is 2. The first-order valence-electron chi connectivity index (χ1n) is 9.17. The van der Waals surface area contributed by atoms with Crippen LogP contribution in [0.25, 0.3) is 0 Å². The van der Waals surface area contributed by atoms with E-state index in [4.69, 9.17) is 14.0 Å². The van der Waals surface area contributed by atoms with E-state index < -0.39 is 5.91 Å². The second-order valence-corrected chi connectivity index (χ2v) is 8.43. The van der Waals surface area contributed by atoms with Crippen LogP contribution in [0.2, 0.25) is 0 Å². The Morgan fingerprint density at radius 3 is 2.68 bits per heavy atom. The lowest BCUT2D eigenvalue weighted by Crippen LogP contribution is -2.27. The lowest BCUT2D eigenvalue weighted by Gasteiger charge is -2.10. The van der Waals surface area contributed by atoms with Gasteiger partial charge in [0.15, 0.2) is 21.5 Å². The van der Waals surface area contributed by atoms with Crippen molar-refractivity contribution in [1.82, 2.24) is 20.7 Å². The van der Waals surface area contributed by atoms with Crippen molar-refractivity contribution >= 4 is 40.0 Å². The molecule has 1 aromatic carbocycles. The Bertz CT molecular complexity index is 1050. The second-order valence-electron chi connectivity index (χ2n) is 6.23.